The Morgan fingerprint density at radius 2 is 0.861 bits per heavy atom. The number of nitrogens with zero attached hydrogens (tertiary/aromatic N) is 3. The molecule has 3 aromatic heterocycles. The summed E-state index contributed by atoms with van der Waals surface area (Å²) >= 11 is 0. The number of alkyl halides is 6. The molecule has 3 aromatic rings. The summed E-state index contributed by atoms with van der Waals surface area (Å²) in [5, 5.41) is 0. The van der Waals surface area contributed by atoms with Gasteiger partial charge in [-0.25, -0.2) is 21.8 Å². The van der Waals surface area contributed by atoms with E-state index in [9.17, 15) is 26.3 Å². The van der Waals surface area contributed by atoms with Crippen molar-refractivity contribution >= 4 is 20.2 Å². The van der Waals surface area contributed by atoms with Crippen molar-refractivity contribution in [2.24, 2.45) is 0 Å². The summed E-state index contributed by atoms with van der Waals surface area (Å²) in [5.41, 5.74) is -7.83. The van der Waals surface area contributed by atoms with Gasteiger partial charge in [0.2, 0.25) is 0 Å². The van der Waals surface area contributed by atoms with Crippen LogP contribution in [0.5, 0.6) is 0 Å². The molecule has 0 bridgehead atoms. The first-order valence-electron chi connectivity index (χ1n) is 8.27. The minimum absolute atomic E-state index is 0. The molecule has 0 atom stereocenters. The molecule has 3 heterocycles. The first-order valence-corrected chi connectivity index (χ1v) is 11.1. The third kappa shape index (κ3) is 12.0. The summed E-state index contributed by atoms with van der Waals surface area (Å²) in [6.07, 6.45) is 3.54. The van der Waals surface area contributed by atoms with E-state index in [0.29, 0.717) is 0 Å². The van der Waals surface area contributed by atoms with E-state index >= 15 is 0 Å². The molecule has 0 aliphatic rings. The van der Waals surface area contributed by atoms with Crippen LogP contribution in [0.15, 0.2) is 67.0 Å². The quantitative estimate of drug-likeness (QED) is 0.164. The smallest absolute Gasteiger partial charge is 0.870 e. The molecule has 0 spiro atoms. The number of hydrogen-bond acceptors (Lipinski definition) is 10. The van der Waals surface area contributed by atoms with Gasteiger partial charge in [0.05, 0.1) is 22.8 Å². The van der Waals surface area contributed by atoms with E-state index in [1.54, 1.807) is 12.4 Å². The van der Waals surface area contributed by atoms with E-state index in [1.165, 1.54) is 0 Å². The number of halogens is 6. The summed E-state index contributed by atoms with van der Waals surface area (Å²) in [4.78, 5) is 13.2. The number of aromatic nitrogens is 3. The van der Waals surface area contributed by atoms with Crippen LogP contribution in [0.25, 0.3) is 22.8 Å². The molecule has 0 aromatic carbocycles. The first kappa shape index (κ1) is 35.7. The summed E-state index contributed by atoms with van der Waals surface area (Å²) in [6, 6.07) is 17.5. The monoisotopic (exact) mass is 745 g/mol. The molecule has 0 aliphatic heterocycles. The third-order valence-corrected chi connectivity index (χ3v) is 4.30. The van der Waals surface area contributed by atoms with Crippen LogP contribution < -0.4 is 0 Å². The Balaban J connectivity index is 0. The third-order valence-electron chi connectivity index (χ3n) is 3.17. The van der Waals surface area contributed by atoms with Crippen LogP contribution in [-0.4, -0.2) is 57.4 Å². The Labute approximate surface area is 215 Å². The predicted octanol–water partition coefficient (Wildman–Crippen LogP) is 3.13. The van der Waals surface area contributed by atoms with E-state index in [1.807, 2.05) is 54.6 Å². The molecule has 1 N–H and O–H groups in total. The van der Waals surface area contributed by atoms with Crippen LogP contribution >= 0.6 is 0 Å². The van der Waals surface area contributed by atoms with Crippen molar-refractivity contribution in [3.63, 3.8) is 0 Å². The molecule has 0 radical (unpaired) electrons. The molecule has 10 nitrogen and oxygen atoms in total. The van der Waals surface area contributed by atoms with Crippen molar-refractivity contribution < 1.29 is 80.1 Å². The van der Waals surface area contributed by atoms with Crippen LogP contribution in [0.2, 0.25) is 0 Å². The Morgan fingerprint density at radius 1 is 0.583 bits per heavy atom. The standard InChI is InChI=1S/C15H11N3.2CHF3O3S.Au.H2O/c1-3-10-16-12(6-1)14-8-5-9-15(18-14)13-7-2-4-11-17-13;2*2-1(3,4)8(5,6)7;;/h1-11H;2*(H,5,6,7);;1H2/q;;;+3;/p-3. The van der Waals surface area contributed by atoms with Gasteiger partial charge in [0.25, 0.3) is 0 Å². The van der Waals surface area contributed by atoms with Crippen LogP contribution in [0.1, 0.15) is 0 Å². The van der Waals surface area contributed by atoms with Gasteiger partial charge in [-0.05, 0) is 36.4 Å². The van der Waals surface area contributed by atoms with E-state index in [0.717, 1.165) is 22.8 Å². The molecule has 3 rings (SSSR count). The maximum atomic E-state index is 10.7. The van der Waals surface area contributed by atoms with E-state index < -0.39 is 31.3 Å². The summed E-state index contributed by atoms with van der Waals surface area (Å²) in [6.45, 7) is 0. The maximum absolute atomic E-state index is 10.7. The zero-order valence-electron chi connectivity index (χ0n) is 17.0. The van der Waals surface area contributed by atoms with Crippen molar-refractivity contribution in [2.75, 3.05) is 0 Å². The van der Waals surface area contributed by atoms with Crippen LogP contribution in [-0.2, 0) is 42.6 Å². The Morgan fingerprint density at radius 3 is 1.08 bits per heavy atom. The Hall–Kier alpha value is -2.45. The van der Waals surface area contributed by atoms with Gasteiger partial charge in [-0.2, -0.15) is 26.3 Å². The van der Waals surface area contributed by atoms with E-state index in [4.69, 9.17) is 25.9 Å². The Bertz CT molecular complexity index is 1180. The first-order chi connectivity index (χ1) is 15.4. The normalized spacial score (nSPS) is 11.3. The van der Waals surface area contributed by atoms with Gasteiger partial charge in [0.1, 0.15) is 0 Å². The van der Waals surface area contributed by atoms with Crippen LogP contribution in [0.3, 0.4) is 0 Å². The molecule has 36 heavy (non-hydrogen) atoms. The molecular weight excluding hydrogens is 733 g/mol. The SMILES string of the molecule is O=S(=O)([O-])C(F)(F)F.O=S(=O)([O-])C(F)(F)F.[Au+3].[OH-].c1ccc(-c2cccc(-c3ccccn3)n2)nc1. The van der Waals surface area contributed by atoms with E-state index in [2.05, 4.69) is 15.0 Å². The summed E-state index contributed by atoms with van der Waals surface area (Å²) < 4.78 is 118. The fourth-order valence-electron chi connectivity index (χ4n) is 1.75. The minimum Gasteiger partial charge on any atom is -0.870 e. The number of rotatable bonds is 2. The van der Waals surface area contributed by atoms with Crippen molar-refractivity contribution in [1.29, 1.82) is 0 Å². The van der Waals surface area contributed by atoms with Crippen LogP contribution in [0, 0.1) is 0 Å². The second-order valence-corrected chi connectivity index (χ2v) is 8.38. The van der Waals surface area contributed by atoms with Gasteiger partial charge >= 0.3 is 33.4 Å². The molecule has 0 aliphatic carbocycles. The summed E-state index contributed by atoms with van der Waals surface area (Å²) in [7, 11) is -12.2. The van der Waals surface area contributed by atoms with Crippen molar-refractivity contribution in [3.8, 4) is 22.8 Å². The van der Waals surface area contributed by atoms with Gasteiger partial charge in [0, 0.05) is 12.4 Å². The Kier molecular flexibility index (Phi) is 14.2. The fourth-order valence-corrected chi connectivity index (χ4v) is 1.75. The molecule has 0 saturated heterocycles. The van der Waals surface area contributed by atoms with Gasteiger partial charge < -0.3 is 14.6 Å². The van der Waals surface area contributed by atoms with E-state index in [-0.39, 0.29) is 27.9 Å². The van der Waals surface area contributed by atoms with Gasteiger partial charge in [-0.1, -0.05) is 18.2 Å². The molecule has 0 amide bonds. The predicted molar refractivity (Wildman–Crippen MR) is 104 cm³/mol. The van der Waals surface area contributed by atoms with Gasteiger partial charge in [-0.15, -0.1) is 0 Å². The topological polar surface area (TPSA) is 183 Å². The molecule has 0 saturated carbocycles. The zero-order chi connectivity index (χ0) is 26.2. The number of pyridine rings is 3. The largest absolute Gasteiger partial charge is 3.00 e. The molecular formula is C17H12AuF6N3O7S2. The molecule has 0 unspecified atom stereocenters. The van der Waals surface area contributed by atoms with Gasteiger partial charge in [0.15, 0.2) is 20.2 Å². The minimum atomic E-state index is -6.09. The average molecular weight is 745 g/mol. The van der Waals surface area contributed by atoms with Crippen LogP contribution in [0.4, 0.5) is 26.3 Å². The van der Waals surface area contributed by atoms with Crippen molar-refractivity contribution in [2.45, 2.75) is 11.0 Å². The summed E-state index contributed by atoms with van der Waals surface area (Å²) in [5.74, 6) is 0. The molecule has 202 valence electrons. The van der Waals surface area contributed by atoms with Gasteiger partial charge in [-0.3, -0.25) is 9.97 Å². The number of hydrogen-bond donors (Lipinski definition) is 0. The molecule has 19 heteroatoms. The molecule has 0 fully saturated rings. The van der Waals surface area contributed by atoms with Crippen molar-refractivity contribution in [1.82, 2.24) is 15.0 Å². The fraction of sp³-hybridized carbons (Fsp3) is 0.118. The van der Waals surface area contributed by atoms with Crippen molar-refractivity contribution in [3.05, 3.63) is 67.0 Å². The zero-order valence-corrected chi connectivity index (χ0v) is 20.8. The second kappa shape index (κ2) is 14.3. The average Bonchev–Trinajstić information content (AvgIpc) is 2.73. The maximum Gasteiger partial charge on any atom is 3.00 e. The second-order valence-electron chi connectivity index (χ2n) is 5.64.